The summed E-state index contributed by atoms with van der Waals surface area (Å²) >= 11 is 0. The topological polar surface area (TPSA) is 64.3 Å². The summed E-state index contributed by atoms with van der Waals surface area (Å²) in [6, 6.07) is 0.0288. The van der Waals surface area contributed by atoms with E-state index in [0.717, 1.165) is 0 Å². The fraction of sp³-hybridized carbons (Fsp3) is 0.909. The van der Waals surface area contributed by atoms with Crippen LogP contribution in [0.5, 0.6) is 0 Å². The first-order chi connectivity index (χ1) is 6.76. The molecule has 0 saturated carbocycles. The van der Waals surface area contributed by atoms with E-state index in [0.29, 0.717) is 12.5 Å². The molecule has 0 fully saturated rings. The monoisotopic (exact) mass is 216 g/mol. The highest BCUT2D eigenvalue weighted by molar-refractivity contribution is 5.77. The molecule has 0 aromatic carbocycles. The van der Waals surface area contributed by atoms with Gasteiger partial charge in [-0.2, -0.15) is 0 Å². The van der Waals surface area contributed by atoms with E-state index in [-0.39, 0.29) is 24.2 Å². The number of ether oxygens (including phenoxy) is 1. The molecule has 0 rings (SSSR count). The summed E-state index contributed by atoms with van der Waals surface area (Å²) in [4.78, 5) is 11.5. The van der Waals surface area contributed by atoms with E-state index in [2.05, 4.69) is 5.32 Å². The first-order valence-corrected chi connectivity index (χ1v) is 5.39. The molecule has 90 valence electrons. The lowest BCUT2D eigenvalue weighted by Crippen LogP contribution is -2.45. The van der Waals surface area contributed by atoms with Gasteiger partial charge in [0.25, 0.3) is 0 Å². The Bertz CT molecular complexity index is 197. The molecular formula is C11H24N2O2. The van der Waals surface area contributed by atoms with E-state index >= 15 is 0 Å². The van der Waals surface area contributed by atoms with Gasteiger partial charge in [-0.05, 0) is 26.7 Å². The minimum atomic E-state index is -0.284. The zero-order valence-electron chi connectivity index (χ0n) is 10.5. The molecule has 0 radical (unpaired) electrons. The van der Waals surface area contributed by atoms with Gasteiger partial charge in [-0.1, -0.05) is 13.8 Å². The first-order valence-electron chi connectivity index (χ1n) is 5.39. The zero-order valence-corrected chi connectivity index (χ0v) is 10.5. The molecule has 0 saturated heterocycles. The van der Waals surface area contributed by atoms with Gasteiger partial charge in [0, 0.05) is 12.6 Å². The highest BCUT2D eigenvalue weighted by Gasteiger charge is 2.17. The van der Waals surface area contributed by atoms with Crippen molar-refractivity contribution in [1.29, 1.82) is 0 Å². The number of carbonyl (C=O) groups is 1. The molecule has 1 amide bonds. The average Bonchev–Trinajstić information content (AvgIpc) is 2.09. The highest BCUT2D eigenvalue weighted by Crippen LogP contribution is 2.06. The van der Waals surface area contributed by atoms with Crippen LogP contribution in [0.4, 0.5) is 0 Å². The third kappa shape index (κ3) is 7.33. The van der Waals surface area contributed by atoms with Crippen LogP contribution < -0.4 is 11.1 Å². The molecule has 0 aromatic heterocycles. The third-order valence-corrected chi connectivity index (χ3v) is 2.04. The van der Waals surface area contributed by atoms with Gasteiger partial charge in [-0.25, -0.2) is 0 Å². The number of amides is 1. The Kier molecular flexibility index (Phi) is 5.83. The maximum absolute atomic E-state index is 11.5. The summed E-state index contributed by atoms with van der Waals surface area (Å²) in [5.41, 5.74) is 5.26. The smallest absolute Gasteiger partial charge is 0.246 e. The summed E-state index contributed by atoms with van der Waals surface area (Å²) < 4.78 is 5.36. The van der Waals surface area contributed by atoms with Crippen molar-refractivity contribution in [2.24, 2.45) is 11.7 Å². The van der Waals surface area contributed by atoms with Gasteiger partial charge < -0.3 is 15.8 Å². The number of carbonyl (C=O) groups excluding carboxylic acids is 1. The van der Waals surface area contributed by atoms with Crippen LogP contribution in [-0.4, -0.2) is 30.7 Å². The van der Waals surface area contributed by atoms with Crippen molar-refractivity contribution in [3.05, 3.63) is 0 Å². The van der Waals surface area contributed by atoms with Crippen LogP contribution in [0.2, 0.25) is 0 Å². The lowest BCUT2D eigenvalue weighted by molar-refractivity contribution is -0.131. The van der Waals surface area contributed by atoms with E-state index in [9.17, 15) is 4.79 Å². The Hall–Kier alpha value is -0.610. The van der Waals surface area contributed by atoms with E-state index in [4.69, 9.17) is 10.5 Å². The SMILES string of the molecule is CC(C)C(CN)NC(=O)COC(C)(C)C. The van der Waals surface area contributed by atoms with Gasteiger partial charge in [0.2, 0.25) is 5.91 Å². The Morgan fingerprint density at radius 1 is 1.40 bits per heavy atom. The molecule has 0 aliphatic heterocycles. The number of hydrogen-bond donors (Lipinski definition) is 2. The molecule has 0 aliphatic carbocycles. The average molecular weight is 216 g/mol. The second-order valence-corrected chi connectivity index (χ2v) is 5.05. The second kappa shape index (κ2) is 6.08. The summed E-state index contributed by atoms with van der Waals surface area (Å²) in [5, 5.41) is 2.85. The molecule has 1 unspecified atom stereocenters. The lowest BCUT2D eigenvalue weighted by atomic mass is 10.1. The van der Waals surface area contributed by atoms with Crippen molar-refractivity contribution in [3.63, 3.8) is 0 Å². The first kappa shape index (κ1) is 14.4. The van der Waals surface area contributed by atoms with Crippen LogP contribution in [0, 0.1) is 5.92 Å². The molecule has 0 spiro atoms. The summed E-state index contributed by atoms with van der Waals surface area (Å²) in [5.74, 6) is 0.239. The number of hydrogen-bond acceptors (Lipinski definition) is 3. The van der Waals surface area contributed by atoms with Crippen LogP contribution >= 0.6 is 0 Å². The normalized spacial score (nSPS) is 14.1. The maximum atomic E-state index is 11.5. The minimum absolute atomic E-state index is 0.0288. The van der Waals surface area contributed by atoms with Crippen molar-refractivity contribution in [1.82, 2.24) is 5.32 Å². The van der Waals surface area contributed by atoms with Crippen LogP contribution in [0.25, 0.3) is 0 Å². The Morgan fingerprint density at radius 2 is 1.93 bits per heavy atom. The van der Waals surface area contributed by atoms with Crippen LogP contribution in [0.3, 0.4) is 0 Å². The van der Waals surface area contributed by atoms with E-state index in [1.807, 2.05) is 34.6 Å². The van der Waals surface area contributed by atoms with Crippen molar-refractivity contribution < 1.29 is 9.53 Å². The number of rotatable bonds is 5. The van der Waals surface area contributed by atoms with Gasteiger partial charge in [0.05, 0.1) is 5.60 Å². The molecule has 3 N–H and O–H groups in total. The fourth-order valence-electron chi connectivity index (χ4n) is 1.03. The van der Waals surface area contributed by atoms with Crippen molar-refractivity contribution in [2.45, 2.75) is 46.3 Å². The van der Waals surface area contributed by atoms with Gasteiger partial charge in [0.1, 0.15) is 6.61 Å². The lowest BCUT2D eigenvalue weighted by Gasteiger charge is -2.23. The summed E-state index contributed by atoms with van der Waals surface area (Å²) in [6.07, 6.45) is 0. The Balaban J connectivity index is 3.92. The maximum Gasteiger partial charge on any atom is 0.246 e. The molecular weight excluding hydrogens is 192 g/mol. The highest BCUT2D eigenvalue weighted by atomic mass is 16.5. The van der Waals surface area contributed by atoms with E-state index in [1.165, 1.54) is 0 Å². The molecule has 15 heavy (non-hydrogen) atoms. The third-order valence-electron chi connectivity index (χ3n) is 2.04. The number of nitrogens with two attached hydrogens (primary N) is 1. The van der Waals surface area contributed by atoms with E-state index in [1.54, 1.807) is 0 Å². The minimum Gasteiger partial charge on any atom is -0.366 e. The summed E-state index contributed by atoms with van der Waals surface area (Å²) in [7, 11) is 0. The van der Waals surface area contributed by atoms with Gasteiger partial charge in [-0.15, -0.1) is 0 Å². The molecule has 0 aromatic rings. The van der Waals surface area contributed by atoms with Crippen molar-refractivity contribution in [3.8, 4) is 0 Å². The Labute approximate surface area is 92.6 Å². The van der Waals surface area contributed by atoms with Crippen LogP contribution in [-0.2, 0) is 9.53 Å². The fourth-order valence-corrected chi connectivity index (χ4v) is 1.03. The standard InChI is InChI=1S/C11H24N2O2/c1-8(2)9(6-12)13-10(14)7-15-11(3,4)5/h8-9H,6-7,12H2,1-5H3,(H,13,14). The van der Waals surface area contributed by atoms with Crippen molar-refractivity contribution in [2.75, 3.05) is 13.2 Å². The predicted molar refractivity (Wildman–Crippen MR) is 61.5 cm³/mol. The number of nitrogens with one attached hydrogen (secondary N) is 1. The van der Waals surface area contributed by atoms with Crippen LogP contribution in [0.15, 0.2) is 0 Å². The predicted octanol–water partition coefficient (Wildman–Crippen LogP) is 0.901. The van der Waals surface area contributed by atoms with Crippen LogP contribution in [0.1, 0.15) is 34.6 Å². The largest absolute Gasteiger partial charge is 0.366 e. The molecule has 1 atom stereocenters. The van der Waals surface area contributed by atoms with Gasteiger partial charge in [0.15, 0.2) is 0 Å². The molecule has 0 heterocycles. The van der Waals surface area contributed by atoms with Gasteiger partial charge in [-0.3, -0.25) is 4.79 Å². The molecule has 4 heteroatoms. The van der Waals surface area contributed by atoms with Crippen molar-refractivity contribution >= 4 is 5.91 Å². The second-order valence-electron chi connectivity index (χ2n) is 5.05. The quantitative estimate of drug-likeness (QED) is 0.717. The van der Waals surface area contributed by atoms with E-state index < -0.39 is 0 Å². The molecule has 0 bridgehead atoms. The molecule has 0 aliphatic rings. The zero-order chi connectivity index (χ0) is 12.1. The van der Waals surface area contributed by atoms with Gasteiger partial charge >= 0.3 is 0 Å². The summed E-state index contributed by atoms with van der Waals surface area (Å²) in [6.45, 7) is 10.4. The molecule has 4 nitrogen and oxygen atoms in total. The Morgan fingerprint density at radius 3 is 2.27 bits per heavy atom.